The summed E-state index contributed by atoms with van der Waals surface area (Å²) in [6, 6.07) is 2.20. The van der Waals surface area contributed by atoms with Crippen molar-refractivity contribution in [3.63, 3.8) is 0 Å². The Morgan fingerprint density at radius 1 is 1.73 bits per heavy atom. The summed E-state index contributed by atoms with van der Waals surface area (Å²) in [5.74, 6) is 0.0915. The van der Waals surface area contributed by atoms with Crippen LogP contribution in [0.4, 0.5) is 0 Å². The van der Waals surface area contributed by atoms with E-state index in [1.165, 1.54) is 0 Å². The van der Waals surface area contributed by atoms with Crippen LogP contribution in [-0.2, 0) is 18.3 Å². The van der Waals surface area contributed by atoms with Crippen molar-refractivity contribution in [2.24, 2.45) is 12.5 Å². The molecule has 0 bridgehead atoms. The predicted molar refractivity (Wildman–Crippen MR) is 53.8 cm³/mol. The Kier molecular flexibility index (Phi) is 2.31. The Bertz CT molecular complexity index is 429. The van der Waals surface area contributed by atoms with Gasteiger partial charge in [0.15, 0.2) is 5.78 Å². The summed E-state index contributed by atoms with van der Waals surface area (Å²) >= 11 is 0. The van der Waals surface area contributed by atoms with Crippen LogP contribution in [0, 0.1) is 16.7 Å². The third-order valence-corrected chi connectivity index (χ3v) is 3.02. The van der Waals surface area contributed by atoms with E-state index in [2.05, 4.69) is 11.2 Å². The molecule has 0 amide bonds. The Morgan fingerprint density at radius 3 is 3.00 bits per heavy atom. The second-order valence-corrected chi connectivity index (χ2v) is 4.17. The summed E-state index contributed by atoms with van der Waals surface area (Å²) in [4.78, 5) is 11.7. The first-order valence-corrected chi connectivity index (χ1v) is 5.08. The minimum absolute atomic E-state index is 0.0915. The lowest BCUT2D eigenvalue weighted by molar-refractivity contribution is -0.123. The number of rotatable bonds is 2. The number of Topliss-reactive ketones (excluding diaryl/α,β-unsaturated/α-hetero) is 1. The van der Waals surface area contributed by atoms with Crippen molar-refractivity contribution in [2.45, 2.75) is 25.7 Å². The lowest BCUT2D eigenvalue weighted by atomic mass is 9.81. The number of aryl methyl sites for hydroxylation is 1. The number of hydrogen-bond donors (Lipinski definition) is 0. The van der Waals surface area contributed by atoms with Crippen LogP contribution in [0.5, 0.6) is 0 Å². The number of aromatic nitrogens is 2. The first kappa shape index (κ1) is 9.91. The summed E-state index contributed by atoms with van der Waals surface area (Å²) in [7, 11) is 1.83. The first-order valence-electron chi connectivity index (χ1n) is 5.08. The maximum Gasteiger partial charge on any atom is 0.153 e. The number of hydrogen-bond acceptors (Lipinski definition) is 3. The van der Waals surface area contributed by atoms with Crippen molar-refractivity contribution in [3.8, 4) is 6.07 Å². The van der Waals surface area contributed by atoms with Gasteiger partial charge in [-0.25, -0.2) is 0 Å². The first-order chi connectivity index (χ1) is 7.16. The van der Waals surface area contributed by atoms with E-state index in [9.17, 15) is 4.79 Å². The van der Waals surface area contributed by atoms with Crippen molar-refractivity contribution in [3.05, 3.63) is 18.0 Å². The van der Waals surface area contributed by atoms with Gasteiger partial charge >= 0.3 is 0 Å². The quantitative estimate of drug-likeness (QED) is 0.726. The van der Waals surface area contributed by atoms with Gasteiger partial charge in [-0.05, 0) is 18.4 Å². The van der Waals surface area contributed by atoms with Gasteiger partial charge in [0.05, 0.1) is 12.3 Å². The summed E-state index contributed by atoms with van der Waals surface area (Å²) in [6.07, 6.45) is 6.18. The highest BCUT2D eigenvalue weighted by molar-refractivity contribution is 5.89. The van der Waals surface area contributed by atoms with Gasteiger partial charge in [-0.15, -0.1) is 0 Å². The number of nitrogens with zero attached hydrogens (tertiary/aromatic N) is 3. The summed E-state index contributed by atoms with van der Waals surface area (Å²) < 4.78 is 1.69. The molecule has 0 N–H and O–H groups in total. The summed E-state index contributed by atoms with van der Waals surface area (Å²) in [6.45, 7) is 0. The highest BCUT2D eigenvalue weighted by Crippen LogP contribution is 2.37. The smallest absolute Gasteiger partial charge is 0.153 e. The van der Waals surface area contributed by atoms with E-state index in [4.69, 9.17) is 5.26 Å². The standard InChI is InChI=1S/C11H13N3O/c1-14-7-9(6-13-14)5-11(8-12)4-2-3-10(11)15/h6-7H,2-5H2,1H3. The van der Waals surface area contributed by atoms with Gasteiger partial charge in [-0.3, -0.25) is 9.48 Å². The van der Waals surface area contributed by atoms with Gasteiger partial charge in [-0.2, -0.15) is 10.4 Å². The van der Waals surface area contributed by atoms with Crippen molar-refractivity contribution in [2.75, 3.05) is 0 Å². The van der Waals surface area contributed by atoms with Crippen LogP contribution < -0.4 is 0 Å². The monoisotopic (exact) mass is 203 g/mol. The number of ketones is 1. The van der Waals surface area contributed by atoms with E-state index >= 15 is 0 Å². The molecule has 1 unspecified atom stereocenters. The van der Waals surface area contributed by atoms with Gasteiger partial charge in [0.2, 0.25) is 0 Å². The number of carbonyl (C=O) groups excluding carboxylic acids is 1. The fourth-order valence-electron chi connectivity index (χ4n) is 2.19. The zero-order valence-electron chi connectivity index (χ0n) is 8.73. The lowest BCUT2D eigenvalue weighted by Gasteiger charge is -2.16. The molecule has 1 aliphatic rings. The normalized spacial score (nSPS) is 25.5. The van der Waals surface area contributed by atoms with Gasteiger partial charge in [0, 0.05) is 26.1 Å². The Hall–Kier alpha value is -1.63. The fraction of sp³-hybridized carbons (Fsp3) is 0.545. The van der Waals surface area contributed by atoms with Gasteiger partial charge in [-0.1, -0.05) is 0 Å². The molecule has 4 nitrogen and oxygen atoms in total. The van der Waals surface area contributed by atoms with Crippen molar-refractivity contribution < 1.29 is 4.79 Å². The Morgan fingerprint density at radius 2 is 2.53 bits per heavy atom. The molecule has 2 rings (SSSR count). The van der Waals surface area contributed by atoms with E-state index in [0.717, 1.165) is 12.0 Å². The van der Waals surface area contributed by atoms with Crippen molar-refractivity contribution >= 4 is 5.78 Å². The van der Waals surface area contributed by atoms with Crippen LogP contribution in [0.1, 0.15) is 24.8 Å². The Labute approximate surface area is 88.5 Å². The minimum atomic E-state index is -0.775. The van der Waals surface area contributed by atoms with E-state index < -0.39 is 5.41 Å². The molecule has 15 heavy (non-hydrogen) atoms. The van der Waals surface area contributed by atoms with Crippen LogP contribution in [-0.4, -0.2) is 15.6 Å². The van der Waals surface area contributed by atoms with Crippen molar-refractivity contribution in [1.82, 2.24) is 9.78 Å². The zero-order valence-corrected chi connectivity index (χ0v) is 8.73. The molecular weight excluding hydrogens is 190 g/mol. The molecular formula is C11H13N3O. The lowest BCUT2D eigenvalue weighted by Crippen LogP contribution is -2.26. The molecule has 0 saturated heterocycles. The Balaban J connectivity index is 2.23. The maximum atomic E-state index is 11.7. The van der Waals surface area contributed by atoms with Crippen LogP contribution >= 0.6 is 0 Å². The summed E-state index contributed by atoms with van der Waals surface area (Å²) in [5.41, 5.74) is 0.192. The van der Waals surface area contributed by atoms with E-state index in [0.29, 0.717) is 19.3 Å². The topological polar surface area (TPSA) is 58.7 Å². The molecule has 4 heteroatoms. The molecule has 0 spiro atoms. The molecule has 0 aromatic carbocycles. The molecule has 0 aliphatic heterocycles. The second kappa shape index (κ2) is 3.50. The largest absolute Gasteiger partial charge is 0.298 e. The zero-order chi connectivity index (χ0) is 10.9. The number of carbonyl (C=O) groups is 1. The highest BCUT2D eigenvalue weighted by Gasteiger charge is 2.42. The molecule has 1 aromatic heterocycles. The molecule has 1 fully saturated rings. The molecule has 78 valence electrons. The molecule has 1 atom stereocenters. The molecule has 1 aliphatic carbocycles. The highest BCUT2D eigenvalue weighted by atomic mass is 16.1. The molecule has 1 heterocycles. The van der Waals surface area contributed by atoms with Crippen LogP contribution in [0.2, 0.25) is 0 Å². The fourth-order valence-corrected chi connectivity index (χ4v) is 2.19. The van der Waals surface area contributed by atoms with Crippen LogP contribution in [0.3, 0.4) is 0 Å². The molecule has 0 radical (unpaired) electrons. The van der Waals surface area contributed by atoms with E-state index in [-0.39, 0.29) is 5.78 Å². The van der Waals surface area contributed by atoms with Crippen LogP contribution in [0.15, 0.2) is 12.4 Å². The summed E-state index contributed by atoms with van der Waals surface area (Å²) in [5, 5.41) is 13.2. The average Bonchev–Trinajstić information content (AvgIpc) is 2.76. The minimum Gasteiger partial charge on any atom is -0.298 e. The van der Waals surface area contributed by atoms with Crippen LogP contribution in [0.25, 0.3) is 0 Å². The predicted octanol–water partition coefficient (Wildman–Crippen LogP) is 1.23. The average molecular weight is 203 g/mol. The van der Waals surface area contributed by atoms with Gasteiger partial charge in [0.1, 0.15) is 5.41 Å². The van der Waals surface area contributed by atoms with Gasteiger partial charge in [0.25, 0.3) is 0 Å². The van der Waals surface area contributed by atoms with Gasteiger partial charge < -0.3 is 0 Å². The molecule has 1 aromatic rings. The third-order valence-electron chi connectivity index (χ3n) is 3.02. The van der Waals surface area contributed by atoms with E-state index in [1.807, 2.05) is 13.2 Å². The SMILES string of the molecule is Cn1cc(CC2(C#N)CCCC2=O)cn1. The van der Waals surface area contributed by atoms with E-state index in [1.54, 1.807) is 10.9 Å². The molecule has 1 saturated carbocycles. The van der Waals surface area contributed by atoms with Crippen molar-refractivity contribution in [1.29, 1.82) is 5.26 Å². The number of nitriles is 1. The maximum absolute atomic E-state index is 11.7. The second-order valence-electron chi connectivity index (χ2n) is 4.17. The third kappa shape index (κ3) is 1.65.